The summed E-state index contributed by atoms with van der Waals surface area (Å²) in [5, 5.41) is 11.3. The lowest BCUT2D eigenvalue weighted by atomic mass is 10.1. The Morgan fingerprint density at radius 1 is 1.53 bits per heavy atom. The Bertz CT molecular complexity index is 487. The Balaban J connectivity index is 2.29. The summed E-state index contributed by atoms with van der Waals surface area (Å²) in [6.07, 6.45) is 0.00436. The molecule has 0 aromatic heterocycles. The number of hydrogen-bond donors (Lipinski definition) is 0. The molecule has 1 heterocycles. The fourth-order valence-corrected chi connectivity index (χ4v) is 2.25. The largest absolute Gasteiger partial charge is 0.550 e. The second-order valence-electron chi connectivity index (χ2n) is 4.16. The molecule has 1 fully saturated rings. The van der Waals surface area contributed by atoms with Gasteiger partial charge >= 0.3 is 0 Å². The predicted molar refractivity (Wildman–Crippen MR) is 61.7 cm³/mol. The molecule has 1 aromatic rings. The molecule has 0 spiro atoms. The molecular weight excluding hydrogens is 242 g/mol. The smallest absolute Gasteiger partial charge is 0.227 e. The molecule has 1 aromatic carbocycles. The molecule has 0 radical (unpaired) electrons. The zero-order valence-corrected chi connectivity index (χ0v) is 10.0. The van der Waals surface area contributed by atoms with Crippen LogP contribution >= 0.6 is 11.6 Å². The van der Waals surface area contributed by atoms with Crippen LogP contribution in [-0.4, -0.2) is 18.4 Å². The maximum atomic E-state index is 11.7. The number of carbonyl (C=O) groups is 2. The van der Waals surface area contributed by atoms with Gasteiger partial charge in [0.1, 0.15) is 0 Å². The summed E-state index contributed by atoms with van der Waals surface area (Å²) in [6.45, 7) is 2.00. The van der Waals surface area contributed by atoms with Gasteiger partial charge in [0.15, 0.2) is 0 Å². The van der Waals surface area contributed by atoms with Gasteiger partial charge in [0.05, 0.1) is 0 Å². The molecule has 1 aliphatic heterocycles. The highest BCUT2D eigenvalue weighted by atomic mass is 35.5. The van der Waals surface area contributed by atoms with Crippen molar-refractivity contribution in [3.8, 4) is 0 Å². The van der Waals surface area contributed by atoms with E-state index in [2.05, 4.69) is 0 Å². The average molecular weight is 253 g/mol. The Morgan fingerprint density at radius 3 is 2.76 bits per heavy atom. The Hall–Kier alpha value is -1.55. The summed E-state index contributed by atoms with van der Waals surface area (Å²) >= 11 is 5.83. The first-order valence-corrected chi connectivity index (χ1v) is 5.64. The van der Waals surface area contributed by atoms with E-state index < -0.39 is 11.9 Å². The minimum atomic E-state index is -1.17. The lowest BCUT2D eigenvalue weighted by Crippen LogP contribution is -2.33. The van der Waals surface area contributed by atoms with Crippen LogP contribution < -0.4 is 10.0 Å². The van der Waals surface area contributed by atoms with Crippen molar-refractivity contribution in [2.75, 3.05) is 11.4 Å². The van der Waals surface area contributed by atoms with Crippen LogP contribution in [0.3, 0.4) is 0 Å². The highest BCUT2D eigenvalue weighted by Crippen LogP contribution is 2.29. The second kappa shape index (κ2) is 4.37. The van der Waals surface area contributed by atoms with E-state index in [1.165, 1.54) is 4.90 Å². The van der Waals surface area contributed by atoms with Crippen LogP contribution in [0.2, 0.25) is 5.02 Å². The number of carbonyl (C=O) groups excluding carboxylic acids is 2. The Kier molecular flexibility index (Phi) is 3.07. The molecule has 0 aliphatic carbocycles. The van der Waals surface area contributed by atoms with Crippen LogP contribution in [-0.2, 0) is 9.59 Å². The van der Waals surface area contributed by atoms with Gasteiger partial charge in [-0.2, -0.15) is 0 Å². The van der Waals surface area contributed by atoms with E-state index in [0.717, 1.165) is 5.56 Å². The minimum Gasteiger partial charge on any atom is -0.550 e. The number of halogens is 1. The number of carboxylic acid groups (broad SMARTS) is 1. The molecule has 90 valence electrons. The van der Waals surface area contributed by atoms with Crippen molar-refractivity contribution in [3.63, 3.8) is 0 Å². The first kappa shape index (κ1) is 11.9. The highest BCUT2D eigenvalue weighted by molar-refractivity contribution is 6.30. The molecule has 1 saturated heterocycles. The summed E-state index contributed by atoms with van der Waals surface area (Å²) in [5.74, 6) is -2.09. The van der Waals surface area contributed by atoms with Gasteiger partial charge in [-0.3, -0.25) is 4.79 Å². The van der Waals surface area contributed by atoms with Crippen LogP contribution in [0.25, 0.3) is 0 Å². The van der Waals surface area contributed by atoms with Gasteiger partial charge in [0.25, 0.3) is 0 Å². The van der Waals surface area contributed by atoms with Gasteiger partial charge in [0.2, 0.25) is 5.91 Å². The number of amides is 1. The number of carboxylic acids is 1. The summed E-state index contributed by atoms with van der Waals surface area (Å²) in [6, 6.07) is 5.16. The third-order valence-electron chi connectivity index (χ3n) is 2.91. The zero-order chi connectivity index (χ0) is 12.6. The Labute approximate surface area is 104 Å². The SMILES string of the molecule is Cc1cc(Cl)ccc1N1CC(C(=O)[O-])CC1=O. The number of nitrogens with zero attached hydrogens (tertiary/aromatic N) is 1. The van der Waals surface area contributed by atoms with Gasteiger partial charge in [-0.1, -0.05) is 11.6 Å². The molecular formula is C12H11ClNO3-. The normalized spacial score (nSPS) is 19.8. The minimum absolute atomic E-state index is 0.00436. The molecule has 0 saturated carbocycles. The molecule has 0 bridgehead atoms. The van der Waals surface area contributed by atoms with Gasteiger partial charge in [-0.05, 0) is 30.7 Å². The monoisotopic (exact) mass is 252 g/mol. The van der Waals surface area contributed by atoms with Crippen molar-refractivity contribution in [1.29, 1.82) is 0 Å². The number of rotatable bonds is 2. The van der Waals surface area contributed by atoms with E-state index in [9.17, 15) is 14.7 Å². The van der Waals surface area contributed by atoms with E-state index in [-0.39, 0.29) is 18.9 Å². The quantitative estimate of drug-likeness (QED) is 0.780. The van der Waals surface area contributed by atoms with Crippen LogP contribution in [0.1, 0.15) is 12.0 Å². The summed E-state index contributed by atoms with van der Waals surface area (Å²) < 4.78 is 0. The molecule has 1 unspecified atom stereocenters. The maximum absolute atomic E-state index is 11.7. The van der Waals surface area contributed by atoms with Crippen LogP contribution in [0.5, 0.6) is 0 Å². The van der Waals surface area contributed by atoms with Crippen molar-refractivity contribution in [1.82, 2.24) is 0 Å². The standard InChI is InChI=1S/C12H12ClNO3/c1-7-4-9(13)2-3-10(7)14-6-8(12(16)17)5-11(14)15/h2-4,8H,5-6H2,1H3,(H,16,17)/p-1. The molecule has 5 heteroatoms. The van der Waals surface area contributed by atoms with Crippen molar-refractivity contribution < 1.29 is 14.7 Å². The first-order valence-electron chi connectivity index (χ1n) is 5.26. The molecule has 4 nitrogen and oxygen atoms in total. The van der Waals surface area contributed by atoms with Crippen molar-refractivity contribution in [2.45, 2.75) is 13.3 Å². The molecule has 2 rings (SSSR count). The third kappa shape index (κ3) is 2.26. The summed E-state index contributed by atoms with van der Waals surface area (Å²) in [7, 11) is 0. The van der Waals surface area contributed by atoms with Gasteiger partial charge < -0.3 is 14.8 Å². The van der Waals surface area contributed by atoms with Gasteiger partial charge in [-0.15, -0.1) is 0 Å². The van der Waals surface area contributed by atoms with Crippen molar-refractivity contribution in [2.24, 2.45) is 5.92 Å². The predicted octanol–water partition coefficient (Wildman–Crippen LogP) is 0.751. The van der Waals surface area contributed by atoms with Gasteiger partial charge in [-0.25, -0.2) is 0 Å². The molecule has 1 amide bonds. The fourth-order valence-electron chi connectivity index (χ4n) is 2.02. The van der Waals surface area contributed by atoms with E-state index >= 15 is 0 Å². The first-order chi connectivity index (χ1) is 7.99. The molecule has 1 aliphatic rings. The fraction of sp³-hybridized carbons (Fsp3) is 0.333. The van der Waals surface area contributed by atoms with Crippen LogP contribution in [0, 0.1) is 12.8 Å². The number of hydrogen-bond acceptors (Lipinski definition) is 3. The highest BCUT2D eigenvalue weighted by Gasteiger charge is 2.31. The number of anilines is 1. The van der Waals surface area contributed by atoms with Crippen molar-refractivity contribution in [3.05, 3.63) is 28.8 Å². The van der Waals surface area contributed by atoms with Gasteiger partial charge in [0, 0.05) is 35.6 Å². The van der Waals surface area contributed by atoms with E-state index in [1.54, 1.807) is 18.2 Å². The summed E-state index contributed by atoms with van der Waals surface area (Å²) in [4.78, 5) is 24.0. The maximum Gasteiger partial charge on any atom is 0.227 e. The van der Waals surface area contributed by atoms with E-state index in [1.807, 2.05) is 6.92 Å². The third-order valence-corrected chi connectivity index (χ3v) is 3.14. The topological polar surface area (TPSA) is 60.4 Å². The van der Waals surface area contributed by atoms with E-state index in [4.69, 9.17) is 11.6 Å². The Morgan fingerprint density at radius 2 is 2.24 bits per heavy atom. The van der Waals surface area contributed by atoms with Crippen molar-refractivity contribution >= 4 is 29.2 Å². The molecule has 0 N–H and O–H groups in total. The lowest BCUT2D eigenvalue weighted by Gasteiger charge is -2.19. The van der Waals surface area contributed by atoms with E-state index in [0.29, 0.717) is 10.7 Å². The lowest BCUT2D eigenvalue weighted by molar-refractivity contribution is -0.310. The number of benzene rings is 1. The summed E-state index contributed by atoms with van der Waals surface area (Å²) in [5.41, 5.74) is 1.56. The molecule has 1 atom stereocenters. The van der Waals surface area contributed by atoms with Crippen LogP contribution in [0.15, 0.2) is 18.2 Å². The number of aryl methyl sites for hydroxylation is 1. The van der Waals surface area contributed by atoms with Crippen LogP contribution in [0.4, 0.5) is 5.69 Å². The second-order valence-corrected chi connectivity index (χ2v) is 4.59. The number of aliphatic carboxylic acids is 1. The molecule has 17 heavy (non-hydrogen) atoms. The zero-order valence-electron chi connectivity index (χ0n) is 9.27. The average Bonchev–Trinajstić information content (AvgIpc) is 2.61.